The number of thioether (sulfide) groups is 1. The summed E-state index contributed by atoms with van der Waals surface area (Å²) in [4.78, 5) is 36.1. The van der Waals surface area contributed by atoms with Gasteiger partial charge in [0.2, 0.25) is 0 Å². The molecule has 1 N–H and O–H groups in total. The molecule has 5 nitrogen and oxygen atoms in total. The van der Waals surface area contributed by atoms with Crippen molar-refractivity contribution in [1.82, 2.24) is 10.2 Å². The van der Waals surface area contributed by atoms with Crippen molar-refractivity contribution < 1.29 is 14.4 Å². The first-order chi connectivity index (χ1) is 8.16. The topological polar surface area (TPSA) is 66.5 Å². The normalized spacial score (nSPS) is 22.9. The van der Waals surface area contributed by atoms with Crippen molar-refractivity contribution in [3.8, 4) is 0 Å². The smallest absolute Gasteiger partial charge is 0.288 e. The molecule has 0 aromatic heterocycles. The van der Waals surface area contributed by atoms with E-state index in [0.717, 1.165) is 17.3 Å². The van der Waals surface area contributed by atoms with Crippen molar-refractivity contribution in [3.05, 3.63) is 35.4 Å². The highest BCUT2D eigenvalue weighted by Gasteiger charge is 2.42. The number of nitrogens with one attached hydrogen (secondary N) is 1. The molecule has 86 valence electrons. The summed E-state index contributed by atoms with van der Waals surface area (Å²) in [6, 6.07) is 7.22. The highest BCUT2D eigenvalue weighted by Crippen LogP contribution is 2.31. The van der Waals surface area contributed by atoms with Gasteiger partial charge in [-0.05, 0) is 23.4 Å². The van der Waals surface area contributed by atoms with E-state index in [1.54, 1.807) is 12.1 Å². The van der Waals surface area contributed by atoms with Crippen LogP contribution in [0.4, 0.5) is 4.79 Å². The molecule has 0 spiro atoms. The first-order valence-electron chi connectivity index (χ1n) is 5.07. The molecule has 6 heteroatoms. The van der Waals surface area contributed by atoms with Crippen molar-refractivity contribution in [1.29, 1.82) is 0 Å². The Kier molecular flexibility index (Phi) is 2.19. The highest BCUT2D eigenvalue weighted by molar-refractivity contribution is 8.15. The first-order valence-corrected chi connectivity index (χ1v) is 5.95. The molecule has 17 heavy (non-hydrogen) atoms. The second kappa shape index (κ2) is 3.59. The number of benzene rings is 1. The zero-order valence-corrected chi connectivity index (χ0v) is 9.49. The standard InChI is InChI=1S/C11H8N2O3S/c14-8-10(17-11(16)12-8)13-5-6-3-1-2-4-7(6)9(13)15/h1-4,10H,5H2,(H,12,14,16). The summed E-state index contributed by atoms with van der Waals surface area (Å²) in [6.07, 6.45) is 0. The summed E-state index contributed by atoms with van der Waals surface area (Å²) >= 11 is 0.851. The summed E-state index contributed by atoms with van der Waals surface area (Å²) < 4.78 is 0. The van der Waals surface area contributed by atoms with E-state index in [4.69, 9.17) is 0 Å². The van der Waals surface area contributed by atoms with Gasteiger partial charge in [-0.2, -0.15) is 0 Å². The summed E-state index contributed by atoms with van der Waals surface area (Å²) in [5, 5.41) is 1.05. The predicted molar refractivity (Wildman–Crippen MR) is 61.2 cm³/mol. The molecular weight excluding hydrogens is 240 g/mol. The van der Waals surface area contributed by atoms with Crippen LogP contribution in [-0.4, -0.2) is 27.3 Å². The van der Waals surface area contributed by atoms with Gasteiger partial charge in [-0.25, -0.2) is 0 Å². The molecule has 1 fully saturated rings. The van der Waals surface area contributed by atoms with Crippen LogP contribution in [0.2, 0.25) is 0 Å². The van der Waals surface area contributed by atoms with Crippen LogP contribution in [0.1, 0.15) is 15.9 Å². The maximum atomic E-state index is 12.1. The molecule has 0 aliphatic carbocycles. The van der Waals surface area contributed by atoms with Crippen LogP contribution in [0.3, 0.4) is 0 Å². The zero-order chi connectivity index (χ0) is 12.0. The van der Waals surface area contributed by atoms with Gasteiger partial charge in [0.05, 0.1) is 0 Å². The third kappa shape index (κ3) is 1.52. The zero-order valence-electron chi connectivity index (χ0n) is 8.67. The second-order valence-electron chi connectivity index (χ2n) is 3.84. The average Bonchev–Trinajstić information content (AvgIpc) is 2.80. The van der Waals surface area contributed by atoms with Gasteiger partial charge >= 0.3 is 0 Å². The molecule has 1 atom stereocenters. The Morgan fingerprint density at radius 3 is 2.65 bits per heavy atom. The van der Waals surface area contributed by atoms with Crippen LogP contribution < -0.4 is 5.32 Å². The number of rotatable bonds is 1. The van der Waals surface area contributed by atoms with Gasteiger partial charge in [-0.3, -0.25) is 19.7 Å². The molecule has 2 aliphatic rings. The minimum atomic E-state index is -0.734. The van der Waals surface area contributed by atoms with E-state index < -0.39 is 16.5 Å². The Labute approximate surface area is 101 Å². The number of amides is 3. The quantitative estimate of drug-likeness (QED) is 0.803. The molecule has 3 amide bonds. The minimum absolute atomic E-state index is 0.192. The first kappa shape index (κ1) is 10.3. The lowest BCUT2D eigenvalue weighted by atomic mass is 10.1. The molecule has 0 saturated carbocycles. The SMILES string of the molecule is O=C1NC(=O)C(N2Cc3ccccc3C2=O)S1. The van der Waals surface area contributed by atoms with E-state index in [1.807, 2.05) is 12.1 Å². The summed E-state index contributed by atoms with van der Waals surface area (Å²) in [7, 11) is 0. The van der Waals surface area contributed by atoms with Gasteiger partial charge in [0.15, 0.2) is 5.37 Å². The molecule has 1 unspecified atom stereocenters. The summed E-state index contributed by atoms with van der Waals surface area (Å²) in [6.45, 7) is 0.382. The third-order valence-corrected chi connectivity index (χ3v) is 3.81. The van der Waals surface area contributed by atoms with Crippen LogP contribution >= 0.6 is 11.8 Å². The second-order valence-corrected chi connectivity index (χ2v) is 4.89. The van der Waals surface area contributed by atoms with E-state index in [1.165, 1.54) is 4.90 Å². The van der Waals surface area contributed by atoms with Gasteiger partial charge in [-0.15, -0.1) is 0 Å². The van der Waals surface area contributed by atoms with E-state index in [2.05, 4.69) is 5.32 Å². The highest BCUT2D eigenvalue weighted by atomic mass is 32.2. The Morgan fingerprint density at radius 1 is 1.24 bits per heavy atom. The van der Waals surface area contributed by atoms with Crippen LogP contribution in [-0.2, 0) is 11.3 Å². The number of carbonyl (C=O) groups is 3. The number of imide groups is 1. The minimum Gasteiger partial charge on any atom is -0.313 e. The molecular formula is C11H8N2O3S. The molecule has 0 bridgehead atoms. The molecule has 1 aromatic carbocycles. The van der Waals surface area contributed by atoms with Crippen LogP contribution in [0.15, 0.2) is 24.3 Å². The molecule has 3 rings (SSSR count). The van der Waals surface area contributed by atoms with Gasteiger partial charge < -0.3 is 4.90 Å². The van der Waals surface area contributed by atoms with Crippen LogP contribution in [0.25, 0.3) is 0 Å². The van der Waals surface area contributed by atoms with Crippen molar-refractivity contribution in [2.75, 3.05) is 0 Å². The number of fused-ring (bicyclic) bond motifs is 1. The van der Waals surface area contributed by atoms with Crippen molar-refractivity contribution >= 4 is 28.8 Å². The number of hydrogen-bond acceptors (Lipinski definition) is 4. The molecule has 0 radical (unpaired) electrons. The maximum absolute atomic E-state index is 12.1. The van der Waals surface area contributed by atoms with E-state index in [0.29, 0.717) is 12.1 Å². The van der Waals surface area contributed by atoms with E-state index in [9.17, 15) is 14.4 Å². The average molecular weight is 248 g/mol. The third-order valence-electron chi connectivity index (χ3n) is 2.80. The lowest BCUT2D eigenvalue weighted by Gasteiger charge is -2.19. The lowest BCUT2D eigenvalue weighted by molar-refractivity contribution is -0.121. The maximum Gasteiger partial charge on any atom is 0.288 e. The number of hydrogen-bond donors (Lipinski definition) is 1. The van der Waals surface area contributed by atoms with Gasteiger partial charge in [-0.1, -0.05) is 18.2 Å². The van der Waals surface area contributed by atoms with Gasteiger partial charge in [0.25, 0.3) is 17.1 Å². The summed E-state index contributed by atoms with van der Waals surface area (Å²) in [5.74, 6) is -0.607. The van der Waals surface area contributed by atoms with Crippen LogP contribution in [0, 0.1) is 0 Å². The van der Waals surface area contributed by atoms with Crippen molar-refractivity contribution in [2.45, 2.75) is 11.9 Å². The Morgan fingerprint density at radius 2 is 2.00 bits per heavy atom. The fraction of sp³-hybridized carbons (Fsp3) is 0.182. The Balaban J connectivity index is 1.92. The molecule has 2 aliphatic heterocycles. The summed E-state index contributed by atoms with van der Waals surface area (Å²) in [5.41, 5.74) is 1.51. The Hall–Kier alpha value is -1.82. The van der Waals surface area contributed by atoms with Crippen molar-refractivity contribution in [2.24, 2.45) is 0 Å². The number of carbonyl (C=O) groups excluding carboxylic acids is 3. The largest absolute Gasteiger partial charge is 0.313 e. The van der Waals surface area contributed by atoms with E-state index >= 15 is 0 Å². The Bertz CT molecular complexity index is 543. The van der Waals surface area contributed by atoms with E-state index in [-0.39, 0.29) is 5.91 Å². The number of nitrogens with zero attached hydrogens (tertiary/aromatic N) is 1. The predicted octanol–water partition coefficient (Wildman–Crippen LogP) is 0.951. The monoisotopic (exact) mass is 248 g/mol. The molecule has 1 aromatic rings. The van der Waals surface area contributed by atoms with Gasteiger partial charge in [0.1, 0.15) is 0 Å². The fourth-order valence-electron chi connectivity index (χ4n) is 2.02. The van der Waals surface area contributed by atoms with Gasteiger partial charge in [0, 0.05) is 12.1 Å². The molecule has 2 heterocycles. The lowest BCUT2D eigenvalue weighted by Crippen LogP contribution is -2.39. The van der Waals surface area contributed by atoms with Crippen LogP contribution in [0.5, 0.6) is 0 Å². The fourth-order valence-corrected chi connectivity index (χ4v) is 2.84. The van der Waals surface area contributed by atoms with Crippen molar-refractivity contribution in [3.63, 3.8) is 0 Å². The molecule has 1 saturated heterocycles.